The van der Waals surface area contributed by atoms with Crippen LogP contribution in [0.15, 0.2) is 47.5 Å². The fraction of sp³-hybridized carbons (Fsp3) is 0.250. The number of hydrogen-bond donors (Lipinski definition) is 0. The normalized spacial score (nSPS) is 12.6. The molecule has 0 N–H and O–H groups in total. The van der Waals surface area contributed by atoms with Gasteiger partial charge >= 0.3 is 0 Å². The molecule has 0 unspecified atom stereocenters. The molecular formula is C20H20N4OS. The van der Waals surface area contributed by atoms with Gasteiger partial charge in [0, 0.05) is 24.2 Å². The highest BCUT2D eigenvalue weighted by atomic mass is 32.1. The van der Waals surface area contributed by atoms with Gasteiger partial charge in [0.05, 0.1) is 10.2 Å². The quantitative estimate of drug-likeness (QED) is 0.535. The van der Waals surface area contributed by atoms with Crippen LogP contribution in [0.25, 0.3) is 21.0 Å². The summed E-state index contributed by atoms with van der Waals surface area (Å²) in [7, 11) is 1.94. The SMILES string of the molecule is Cc1cc(C(=O)N=c2sc3c4ccccc4ccc3n2C)nn1C(C)C. The zero-order valence-electron chi connectivity index (χ0n) is 15.2. The summed E-state index contributed by atoms with van der Waals surface area (Å²) in [5.74, 6) is -0.307. The van der Waals surface area contributed by atoms with Crippen molar-refractivity contribution >= 4 is 38.2 Å². The fourth-order valence-corrected chi connectivity index (χ4v) is 4.37. The van der Waals surface area contributed by atoms with E-state index in [1.54, 1.807) is 6.07 Å². The summed E-state index contributed by atoms with van der Waals surface area (Å²) in [5, 5.41) is 6.77. The maximum absolute atomic E-state index is 12.6. The Morgan fingerprint density at radius 2 is 1.96 bits per heavy atom. The van der Waals surface area contributed by atoms with Crippen LogP contribution in [0.1, 0.15) is 36.1 Å². The van der Waals surface area contributed by atoms with E-state index in [2.05, 4.69) is 34.4 Å². The van der Waals surface area contributed by atoms with Crippen molar-refractivity contribution in [1.82, 2.24) is 14.3 Å². The van der Waals surface area contributed by atoms with E-state index >= 15 is 0 Å². The maximum Gasteiger partial charge on any atom is 0.300 e. The number of rotatable bonds is 2. The zero-order valence-corrected chi connectivity index (χ0v) is 16.0. The summed E-state index contributed by atoms with van der Waals surface area (Å²) < 4.78 is 4.96. The third-order valence-corrected chi connectivity index (χ3v) is 5.71. The number of nitrogens with zero attached hydrogens (tertiary/aromatic N) is 4. The smallest absolute Gasteiger partial charge is 0.300 e. The summed E-state index contributed by atoms with van der Waals surface area (Å²) in [6, 6.07) is 14.5. The van der Waals surface area contributed by atoms with Crippen molar-refractivity contribution < 1.29 is 4.79 Å². The average molecular weight is 364 g/mol. The van der Waals surface area contributed by atoms with Gasteiger partial charge < -0.3 is 4.57 Å². The third-order valence-electron chi connectivity index (χ3n) is 4.53. The molecule has 2 aromatic heterocycles. The topological polar surface area (TPSA) is 52.2 Å². The van der Waals surface area contributed by atoms with E-state index in [1.165, 1.54) is 22.1 Å². The van der Waals surface area contributed by atoms with Crippen molar-refractivity contribution in [2.24, 2.45) is 12.0 Å². The first kappa shape index (κ1) is 16.7. The minimum Gasteiger partial charge on any atom is -0.319 e. The van der Waals surface area contributed by atoms with Crippen molar-refractivity contribution in [2.45, 2.75) is 26.8 Å². The van der Waals surface area contributed by atoms with Gasteiger partial charge in [-0.05, 0) is 38.3 Å². The van der Waals surface area contributed by atoms with Crippen molar-refractivity contribution in [3.63, 3.8) is 0 Å². The zero-order chi connectivity index (χ0) is 18.4. The Kier molecular flexibility index (Phi) is 4.00. The molecule has 1 amide bonds. The predicted octanol–water partition coefficient (Wildman–Crippen LogP) is 4.22. The molecule has 5 nitrogen and oxygen atoms in total. The van der Waals surface area contributed by atoms with E-state index in [1.807, 2.05) is 49.2 Å². The molecule has 0 bridgehead atoms. The molecule has 0 aliphatic rings. The molecule has 0 atom stereocenters. The number of aromatic nitrogens is 3. The molecule has 4 rings (SSSR count). The molecule has 0 spiro atoms. The van der Waals surface area contributed by atoms with Gasteiger partial charge in [-0.2, -0.15) is 10.1 Å². The number of aryl methyl sites for hydroxylation is 2. The summed E-state index contributed by atoms with van der Waals surface area (Å²) in [5.41, 5.74) is 2.42. The number of thiazole rings is 1. The molecule has 132 valence electrons. The highest BCUT2D eigenvalue weighted by molar-refractivity contribution is 7.17. The third kappa shape index (κ3) is 2.66. The van der Waals surface area contributed by atoms with E-state index in [0.717, 1.165) is 15.9 Å². The minimum absolute atomic E-state index is 0.211. The molecule has 4 aromatic rings. The van der Waals surface area contributed by atoms with Crippen LogP contribution in [0.4, 0.5) is 0 Å². The number of hydrogen-bond acceptors (Lipinski definition) is 3. The first-order chi connectivity index (χ1) is 12.5. The van der Waals surface area contributed by atoms with Gasteiger partial charge in [0.1, 0.15) is 0 Å². The lowest BCUT2D eigenvalue weighted by molar-refractivity contribution is 0.0992. The molecule has 0 saturated carbocycles. The molecule has 0 aliphatic heterocycles. The largest absolute Gasteiger partial charge is 0.319 e. The van der Waals surface area contributed by atoms with Gasteiger partial charge in [0.15, 0.2) is 10.5 Å². The van der Waals surface area contributed by atoms with Crippen LogP contribution in [0.5, 0.6) is 0 Å². The van der Waals surface area contributed by atoms with E-state index < -0.39 is 0 Å². The standard InChI is InChI=1S/C20H20N4OS/c1-12(2)24-13(3)11-16(22-24)19(25)21-20-23(4)17-10-9-14-7-5-6-8-15(14)18(17)26-20/h5-12H,1-4H3. The lowest BCUT2D eigenvalue weighted by Crippen LogP contribution is -2.14. The van der Waals surface area contributed by atoms with Crippen molar-refractivity contribution in [2.75, 3.05) is 0 Å². The number of benzene rings is 2. The van der Waals surface area contributed by atoms with Gasteiger partial charge in [-0.15, -0.1) is 0 Å². The van der Waals surface area contributed by atoms with Gasteiger partial charge in [-0.25, -0.2) is 0 Å². The lowest BCUT2D eigenvalue weighted by atomic mass is 10.1. The first-order valence-electron chi connectivity index (χ1n) is 8.58. The minimum atomic E-state index is -0.307. The first-order valence-corrected chi connectivity index (χ1v) is 9.40. The van der Waals surface area contributed by atoms with Crippen LogP contribution in [0.3, 0.4) is 0 Å². The Morgan fingerprint density at radius 3 is 2.69 bits per heavy atom. The number of carbonyl (C=O) groups is 1. The van der Waals surface area contributed by atoms with Crippen LogP contribution < -0.4 is 4.80 Å². The van der Waals surface area contributed by atoms with Crippen LogP contribution in [0, 0.1) is 6.92 Å². The Balaban J connectivity index is 1.85. The highest BCUT2D eigenvalue weighted by Gasteiger charge is 2.14. The molecule has 2 heterocycles. The number of carbonyl (C=O) groups excluding carboxylic acids is 1. The fourth-order valence-electron chi connectivity index (χ4n) is 3.22. The van der Waals surface area contributed by atoms with Crippen LogP contribution in [0.2, 0.25) is 0 Å². The number of amides is 1. The average Bonchev–Trinajstić information content (AvgIpc) is 3.16. The summed E-state index contributed by atoms with van der Waals surface area (Å²) >= 11 is 1.53. The summed E-state index contributed by atoms with van der Waals surface area (Å²) in [6.45, 7) is 6.04. The predicted molar refractivity (Wildman–Crippen MR) is 106 cm³/mol. The van der Waals surface area contributed by atoms with E-state index in [4.69, 9.17) is 0 Å². The number of fused-ring (bicyclic) bond motifs is 3. The van der Waals surface area contributed by atoms with E-state index in [-0.39, 0.29) is 11.9 Å². The molecule has 26 heavy (non-hydrogen) atoms. The van der Waals surface area contributed by atoms with E-state index in [9.17, 15) is 4.79 Å². The van der Waals surface area contributed by atoms with Gasteiger partial charge in [0.2, 0.25) is 0 Å². The van der Waals surface area contributed by atoms with Crippen LogP contribution in [-0.4, -0.2) is 20.3 Å². The van der Waals surface area contributed by atoms with E-state index in [0.29, 0.717) is 10.5 Å². The molecule has 0 saturated heterocycles. The Bertz CT molecular complexity index is 1210. The molecule has 2 aromatic carbocycles. The second-order valence-electron chi connectivity index (χ2n) is 6.70. The van der Waals surface area contributed by atoms with Crippen molar-refractivity contribution in [1.29, 1.82) is 0 Å². The lowest BCUT2D eigenvalue weighted by Gasteiger charge is -2.06. The van der Waals surface area contributed by atoms with Gasteiger partial charge in [-0.1, -0.05) is 41.7 Å². The Labute approximate surface area is 155 Å². The van der Waals surface area contributed by atoms with Gasteiger partial charge in [-0.3, -0.25) is 9.48 Å². The van der Waals surface area contributed by atoms with Gasteiger partial charge in [0.25, 0.3) is 5.91 Å². The molecule has 6 heteroatoms. The monoisotopic (exact) mass is 364 g/mol. The summed E-state index contributed by atoms with van der Waals surface area (Å²) in [6.07, 6.45) is 0. The van der Waals surface area contributed by atoms with Crippen molar-refractivity contribution in [3.05, 3.63) is 58.7 Å². The summed E-state index contributed by atoms with van der Waals surface area (Å²) in [4.78, 5) is 17.7. The molecular weight excluding hydrogens is 344 g/mol. The highest BCUT2D eigenvalue weighted by Crippen LogP contribution is 2.27. The molecule has 0 aliphatic carbocycles. The van der Waals surface area contributed by atoms with Crippen LogP contribution in [-0.2, 0) is 7.05 Å². The van der Waals surface area contributed by atoms with Crippen molar-refractivity contribution in [3.8, 4) is 0 Å². The Morgan fingerprint density at radius 1 is 1.19 bits per heavy atom. The molecule has 0 fully saturated rings. The Hall–Kier alpha value is -2.73. The van der Waals surface area contributed by atoms with Crippen LogP contribution >= 0.6 is 11.3 Å². The molecule has 0 radical (unpaired) electrons. The second kappa shape index (κ2) is 6.21. The second-order valence-corrected chi connectivity index (χ2v) is 7.68. The maximum atomic E-state index is 12.6.